The molecule has 20 heteroatoms. The smallest absolute Gasteiger partial charge is 0.339 e. The van der Waals surface area contributed by atoms with Gasteiger partial charge in [-0.2, -0.15) is 0 Å². The van der Waals surface area contributed by atoms with Crippen LogP contribution in [0.2, 0.25) is 0 Å². The minimum Gasteiger partial charge on any atom is -0.508 e. The SMILES string of the molecule is CC(C)(c1ccc(O)cc1)c1ccc(O)c(C(=O)O)c1.CC(C)(c1ccc(O)cc1)c1ccc(Oc2ccc(C(C)(C)c3ccc(O)cc3)cc2C(=O)O)c(C(=O)O)c1.CC(C)(c1ccc(O)cc1)c1ccc(Oc2ccc(C(C)(C)c3ccc(O)cc3)cc2C(=O)O)cc1.CC(C)(c1ccc(O)cc1)c1ccc2oc3ccc(C(C)(C)c4ccc(O)cc4)cc3c(=O)c2c1. The van der Waals surface area contributed by atoms with Gasteiger partial charge in [-0.1, -0.05) is 230 Å². The quantitative estimate of drug-likeness (QED) is 0.0280. The van der Waals surface area contributed by atoms with E-state index in [0.29, 0.717) is 38.8 Å². The Hall–Kier alpha value is -15.6. The maximum absolute atomic E-state index is 13.7. The van der Waals surface area contributed by atoms with Crippen molar-refractivity contribution in [1.29, 1.82) is 0 Å². The number of ether oxygens (including phenoxy) is 2. The highest BCUT2D eigenvalue weighted by Gasteiger charge is 2.34. The number of hydrogen-bond acceptors (Lipinski definition) is 16. The molecule has 1 heterocycles. The number of benzene rings is 14. The van der Waals surface area contributed by atoms with E-state index in [1.54, 1.807) is 152 Å². The molecule has 0 bridgehead atoms. The number of rotatable bonds is 22. The zero-order valence-corrected chi connectivity index (χ0v) is 74.5. The summed E-state index contributed by atoms with van der Waals surface area (Å²) in [6.07, 6.45) is 0. The molecular formula is C110H104O20. The summed E-state index contributed by atoms with van der Waals surface area (Å²) in [5, 5.41) is 117. The number of fused-ring (bicyclic) bond motifs is 2. The number of hydrogen-bond donors (Lipinski definition) is 12. The summed E-state index contributed by atoms with van der Waals surface area (Å²) in [4.78, 5) is 61.3. The van der Waals surface area contributed by atoms with Crippen molar-refractivity contribution >= 4 is 45.8 Å². The van der Waals surface area contributed by atoms with Crippen LogP contribution in [0.4, 0.5) is 0 Å². The van der Waals surface area contributed by atoms with Crippen molar-refractivity contribution < 1.29 is 94.3 Å². The second-order valence-corrected chi connectivity index (χ2v) is 35.9. The number of carboxylic acids is 4. The van der Waals surface area contributed by atoms with E-state index < -0.39 is 45.5 Å². The molecule has 0 fully saturated rings. The molecule has 0 unspecified atom stereocenters. The fraction of sp³-hybridized carbons (Fsp3) is 0.191. The molecule has 0 aliphatic rings. The lowest BCUT2D eigenvalue weighted by Gasteiger charge is -2.27. The van der Waals surface area contributed by atoms with E-state index >= 15 is 0 Å². The van der Waals surface area contributed by atoms with Gasteiger partial charge in [-0.15, -0.1) is 0 Å². The molecule has 0 spiro atoms. The molecule has 14 aromatic carbocycles. The predicted molar refractivity (Wildman–Crippen MR) is 503 cm³/mol. The Kier molecular flexibility index (Phi) is 26.8. The fourth-order valence-corrected chi connectivity index (χ4v) is 15.8. The largest absolute Gasteiger partial charge is 0.508 e. The first-order valence-electron chi connectivity index (χ1n) is 41.9. The third-order valence-corrected chi connectivity index (χ3v) is 25.0. The van der Waals surface area contributed by atoms with Gasteiger partial charge in [0.25, 0.3) is 0 Å². The van der Waals surface area contributed by atoms with Gasteiger partial charge in [0.05, 0.1) is 10.8 Å². The first-order chi connectivity index (χ1) is 61.2. The van der Waals surface area contributed by atoms with E-state index in [1.807, 2.05) is 171 Å². The number of phenolic OH excluding ortho intramolecular Hbond substituents is 7. The van der Waals surface area contributed by atoms with E-state index in [0.717, 1.165) is 66.8 Å². The van der Waals surface area contributed by atoms with E-state index in [2.05, 4.69) is 41.5 Å². The molecule has 20 nitrogen and oxygen atoms in total. The van der Waals surface area contributed by atoms with Crippen LogP contribution in [0.5, 0.6) is 69.0 Å². The highest BCUT2D eigenvalue weighted by atomic mass is 16.5. The maximum atomic E-state index is 13.7. The van der Waals surface area contributed by atoms with Crippen LogP contribution in [0.15, 0.2) is 313 Å². The van der Waals surface area contributed by atoms with Crippen LogP contribution in [0.1, 0.15) is 216 Å². The monoisotopic (exact) mass is 1740 g/mol. The number of aromatic hydroxyl groups is 8. The lowest BCUT2D eigenvalue weighted by Crippen LogP contribution is -2.20. The molecule has 0 radical (unpaired) electrons. The van der Waals surface area contributed by atoms with Crippen LogP contribution >= 0.6 is 0 Å². The molecule has 1 aromatic heterocycles. The van der Waals surface area contributed by atoms with Crippen molar-refractivity contribution in [3.05, 3.63) is 414 Å². The molecule has 0 saturated carbocycles. The average molecular weight is 1750 g/mol. The minimum atomic E-state index is -1.21. The van der Waals surface area contributed by atoms with Crippen molar-refractivity contribution in [2.45, 2.75) is 135 Å². The van der Waals surface area contributed by atoms with E-state index in [1.165, 1.54) is 36.4 Å². The molecular weight excluding hydrogens is 1640 g/mol. The van der Waals surface area contributed by atoms with Crippen molar-refractivity contribution in [2.75, 3.05) is 0 Å². The molecule has 130 heavy (non-hydrogen) atoms. The van der Waals surface area contributed by atoms with Gasteiger partial charge in [-0.3, -0.25) is 4.79 Å². The minimum absolute atomic E-state index is 0.0146. The van der Waals surface area contributed by atoms with Gasteiger partial charge in [0, 0.05) is 37.9 Å². The average Bonchev–Trinajstić information content (AvgIpc) is 0.746. The van der Waals surface area contributed by atoms with Gasteiger partial charge in [-0.05, 0) is 248 Å². The Bertz CT molecular complexity index is 6510. The fourth-order valence-electron chi connectivity index (χ4n) is 15.8. The molecule has 0 saturated heterocycles. The Morgan fingerprint density at radius 3 is 0.646 bits per heavy atom. The number of phenols is 8. The van der Waals surface area contributed by atoms with Crippen LogP contribution in [0.25, 0.3) is 21.9 Å². The summed E-state index contributed by atoms with van der Waals surface area (Å²) < 4.78 is 18.1. The Morgan fingerprint density at radius 1 is 0.223 bits per heavy atom. The van der Waals surface area contributed by atoms with E-state index in [4.69, 9.17) is 19.0 Å². The van der Waals surface area contributed by atoms with E-state index in [-0.39, 0.29) is 107 Å². The van der Waals surface area contributed by atoms with Crippen LogP contribution in [-0.4, -0.2) is 85.2 Å². The van der Waals surface area contributed by atoms with Gasteiger partial charge in [0.1, 0.15) is 102 Å². The zero-order chi connectivity index (χ0) is 94.5. The normalized spacial score (nSPS) is 11.8. The molecule has 0 aliphatic heterocycles. The van der Waals surface area contributed by atoms with E-state index in [9.17, 15) is 80.1 Å². The summed E-state index contributed by atoms with van der Waals surface area (Å²) in [7, 11) is 0. The molecule has 0 atom stereocenters. The molecule has 664 valence electrons. The summed E-state index contributed by atoms with van der Waals surface area (Å²) in [5.74, 6) is -2.77. The number of carboxylic acid groups (broad SMARTS) is 4. The molecule has 12 N–H and O–H groups in total. The summed E-state index contributed by atoms with van der Waals surface area (Å²) in [5.41, 5.74) is 10.5. The highest BCUT2D eigenvalue weighted by Crippen LogP contribution is 2.45. The topological polar surface area (TPSA) is 360 Å². The molecule has 0 aliphatic carbocycles. The van der Waals surface area contributed by atoms with Crippen molar-refractivity contribution in [2.24, 2.45) is 0 Å². The predicted octanol–water partition coefficient (Wildman–Crippen LogP) is 24.3. The van der Waals surface area contributed by atoms with Crippen LogP contribution in [0.3, 0.4) is 0 Å². The van der Waals surface area contributed by atoms with Gasteiger partial charge in [-0.25, -0.2) is 19.2 Å². The third-order valence-electron chi connectivity index (χ3n) is 25.0. The van der Waals surface area contributed by atoms with Gasteiger partial charge in [0.2, 0.25) is 5.43 Å². The summed E-state index contributed by atoms with van der Waals surface area (Å²) in [6.45, 7) is 28.3. The number of carbonyl (C=O) groups is 4. The summed E-state index contributed by atoms with van der Waals surface area (Å²) in [6, 6.07) is 87.1. The zero-order valence-electron chi connectivity index (χ0n) is 74.5. The van der Waals surface area contributed by atoms with Crippen molar-refractivity contribution in [3.63, 3.8) is 0 Å². The van der Waals surface area contributed by atoms with Gasteiger partial charge in [0.15, 0.2) is 0 Å². The Balaban J connectivity index is 0.000000160. The highest BCUT2D eigenvalue weighted by molar-refractivity contribution is 5.95. The molecule has 15 aromatic rings. The van der Waals surface area contributed by atoms with Gasteiger partial charge >= 0.3 is 23.9 Å². The molecule has 15 rings (SSSR count). The second kappa shape index (κ2) is 37.2. The van der Waals surface area contributed by atoms with Crippen LogP contribution in [-0.2, 0) is 37.9 Å². The lowest BCUT2D eigenvalue weighted by molar-refractivity contribution is 0.0680. The van der Waals surface area contributed by atoms with Crippen molar-refractivity contribution in [3.8, 4) is 69.0 Å². The standard InChI is InChI=1S/C32H30O7.C31H30O5.C31H28O4.C16H16O4/c1-31(2,19-5-11-23(33)12-6-19)21-9-15-27(25(17-21)29(35)36)39-28-16-10-22(18-26(28)30(37)38)32(3,4)20-7-13-24(34)14-8-20;1-30(2,20-5-12-24(32)13-6-20)22-9-16-26(17-10-22)36-28-18-11-23(19-27(28)29(34)35)31(3,4)21-7-14-25(33)15-8-21;1-30(2,19-5-11-23(32)12-6-19)21-9-15-27-25(17-21)29(34)26-18-22(10-16-28(26)35-27)31(3,4)20-7-13-24(33)14-8-20;1-16(2,10-3-6-12(17)7-4-10)11-5-8-14(18)13(9-11)15(19)20/h5-18,33-34H,1-4H3,(H,35,36)(H,37,38);5-19,32-33H,1-4H3,(H,34,35);5-18,32-33H,1-4H3;3-9,17-18H,1-2H3,(H,19,20). The number of aromatic carboxylic acids is 4. The lowest BCUT2D eigenvalue weighted by atomic mass is 9.77. The molecule has 0 amide bonds. The van der Waals surface area contributed by atoms with Crippen LogP contribution < -0.4 is 14.9 Å². The van der Waals surface area contributed by atoms with Crippen LogP contribution in [0, 0.1) is 0 Å². The first kappa shape index (κ1) is 93.6. The Morgan fingerprint density at radius 2 is 0.408 bits per heavy atom. The Labute approximate surface area is 753 Å². The second-order valence-electron chi connectivity index (χ2n) is 35.9. The third kappa shape index (κ3) is 20.3. The van der Waals surface area contributed by atoms with Crippen molar-refractivity contribution in [1.82, 2.24) is 0 Å². The first-order valence-corrected chi connectivity index (χ1v) is 41.9. The maximum Gasteiger partial charge on any atom is 0.339 e. The summed E-state index contributed by atoms with van der Waals surface area (Å²) >= 11 is 0. The van der Waals surface area contributed by atoms with Gasteiger partial charge < -0.3 is 75.2 Å².